The lowest BCUT2D eigenvalue weighted by Gasteiger charge is -2.08. The summed E-state index contributed by atoms with van der Waals surface area (Å²) in [6.07, 6.45) is 3.31. The summed E-state index contributed by atoms with van der Waals surface area (Å²) in [4.78, 5) is 9.15. The average molecular weight is 497 g/mol. The lowest BCUT2D eigenvalue weighted by Crippen LogP contribution is -2.01. The van der Waals surface area contributed by atoms with E-state index < -0.39 is 0 Å². The number of hydrogen-bond donors (Lipinski definition) is 0. The molecule has 0 radical (unpaired) electrons. The molecule has 182 valence electrons. The molecule has 0 N–H and O–H groups in total. The number of aliphatic imine (C=N–C) groups is 2. The Balaban J connectivity index is 0.000000167. The predicted octanol–water partition coefficient (Wildman–Crippen LogP) is 9.85. The minimum absolute atomic E-state index is 0. The van der Waals surface area contributed by atoms with E-state index in [9.17, 15) is 0 Å². The van der Waals surface area contributed by atoms with E-state index in [1.807, 2.05) is 91.0 Å². The SMILES string of the molecule is C.CCCCC1=Nc2ccccc2Oc2ccccc21.ClC1=Nc2ccccc2Oc2ccccc21. The van der Waals surface area contributed by atoms with E-state index in [1.165, 1.54) is 6.42 Å². The maximum atomic E-state index is 6.15. The quantitative estimate of drug-likeness (QED) is 0.283. The van der Waals surface area contributed by atoms with Crippen molar-refractivity contribution in [2.45, 2.75) is 33.6 Å². The Labute approximate surface area is 217 Å². The Morgan fingerprint density at radius 2 is 1.08 bits per heavy atom. The molecule has 36 heavy (non-hydrogen) atoms. The molecule has 5 heteroatoms. The summed E-state index contributed by atoms with van der Waals surface area (Å²) in [6, 6.07) is 31.3. The van der Waals surface area contributed by atoms with Crippen molar-refractivity contribution in [1.82, 2.24) is 0 Å². The van der Waals surface area contributed by atoms with E-state index >= 15 is 0 Å². The normalized spacial score (nSPS) is 12.5. The van der Waals surface area contributed by atoms with Crippen molar-refractivity contribution in [3.8, 4) is 23.0 Å². The Hall–Kier alpha value is -3.89. The number of para-hydroxylation sites is 6. The summed E-state index contributed by atoms with van der Waals surface area (Å²) in [7, 11) is 0. The molecule has 4 aromatic rings. The number of ether oxygens (including phenoxy) is 2. The molecule has 0 aliphatic carbocycles. The molecule has 0 saturated carbocycles. The monoisotopic (exact) mass is 496 g/mol. The van der Waals surface area contributed by atoms with Gasteiger partial charge in [0.25, 0.3) is 0 Å². The first-order valence-electron chi connectivity index (χ1n) is 11.8. The largest absolute Gasteiger partial charge is 0.454 e. The number of rotatable bonds is 3. The minimum Gasteiger partial charge on any atom is -0.454 e. The zero-order valence-electron chi connectivity index (χ0n) is 19.4. The zero-order chi connectivity index (χ0) is 24.0. The van der Waals surface area contributed by atoms with E-state index in [2.05, 4.69) is 18.0 Å². The molecule has 0 aromatic heterocycles. The van der Waals surface area contributed by atoms with E-state index in [0.717, 1.165) is 64.1 Å². The maximum absolute atomic E-state index is 6.15. The fraction of sp³-hybridized carbons (Fsp3) is 0.161. The summed E-state index contributed by atoms with van der Waals surface area (Å²) in [5, 5.41) is 0.459. The first-order valence-corrected chi connectivity index (χ1v) is 12.1. The highest BCUT2D eigenvalue weighted by Gasteiger charge is 2.17. The van der Waals surface area contributed by atoms with Gasteiger partial charge in [-0.3, -0.25) is 0 Å². The molecule has 2 aliphatic heterocycles. The molecule has 0 unspecified atom stereocenters. The van der Waals surface area contributed by atoms with E-state index in [0.29, 0.717) is 5.17 Å². The number of benzene rings is 4. The van der Waals surface area contributed by atoms with Gasteiger partial charge in [0.05, 0.1) is 11.3 Å². The third-order valence-electron chi connectivity index (χ3n) is 5.72. The van der Waals surface area contributed by atoms with Gasteiger partial charge in [0.2, 0.25) is 0 Å². The molecular weight excluding hydrogens is 468 g/mol. The van der Waals surface area contributed by atoms with Crippen molar-refractivity contribution in [3.05, 3.63) is 108 Å². The van der Waals surface area contributed by atoms with E-state index in [-0.39, 0.29) is 7.43 Å². The van der Waals surface area contributed by atoms with Crippen LogP contribution < -0.4 is 9.47 Å². The van der Waals surface area contributed by atoms with Gasteiger partial charge in [0, 0.05) is 5.56 Å². The second-order valence-corrected chi connectivity index (χ2v) is 8.55. The van der Waals surface area contributed by atoms with Crippen LogP contribution in [0.5, 0.6) is 23.0 Å². The fourth-order valence-electron chi connectivity index (χ4n) is 3.94. The molecule has 0 fully saturated rings. The van der Waals surface area contributed by atoms with Crippen LogP contribution in [0.1, 0.15) is 44.7 Å². The Bertz CT molecular complexity index is 1410. The molecule has 0 spiro atoms. The highest BCUT2D eigenvalue weighted by molar-refractivity contribution is 6.70. The first kappa shape index (κ1) is 25.2. The Kier molecular flexibility index (Phi) is 8.19. The molecular formula is C31H29ClN2O2. The summed E-state index contributed by atoms with van der Waals surface area (Å²) in [5.74, 6) is 3.20. The van der Waals surface area contributed by atoms with Crippen LogP contribution in [0.15, 0.2) is 107 Å². The van der Waals surface area contributed by atoms with Gasteiger partial charge >= 0.3 is 0 Å². The van der Waals surface area contributed by atoms with Gasteiger partial charge in [-0.15, -0.1) is 0 Å². The predicted molar refractivity (Wildman–Crippen MR) is 150 cm³/mol. The van der Waals surface area contributed by atoms with Crippen LogP contribution in [0.2, 0.25) is 0 Å². The van der Waals surface area contributed by atoms with Crippen molar-refractivity contribution in [3.63, 3.8) is 0 Å². The van der Waals surface area contributed by atoms with Crippen LogP contribution in [0, 0.1) is 0 Å². The van der Waals surface area contributed by atoms with Crippen molar-refractivity contribution in [2.24, 2.45) is 9.98 Å². The number of hydrogen-bond acceptors (Lipinski definition) is 4. The smallest absolute Gasteiger partial charge is 0.153 e. The third kappa shape index (κ3) is 5.50. The third-order valence-corrected chi connectivity index (χ3v) is 6.01. The minimum atomic E-state index is 0. The van der Waals surface area contributed by atoms with Gasteiger partial charge in [-0.2, -0.15) is 0 Å². The number of halogens is 1. The Morgan fingerprint density at radius 3 is 1.69 bits per heavy atom. The van der Waals surface area contributed by atoms with Crippen LogP contribution in [0.25, 0.3) is 0 Å². The molecule has 0 bridgehead atoms. The fourth-order valence-corrected chi connectivity index (χ4v) is 4.18. The molecule has 0 saturated heterocycles. The summed E-state index contributed by atoms with van der Waals surface area (Å²) in [6.45, 7) is 2.20. The number of unbranched alkanes of at least 4 members (excludes halogenated alkanes) is 1. The van der Waals surface area contributed by atoms with Crippen LogP contribution in [0.3, 0.4) is 0 Å². The van der Waals surface area contributed by atoms with Crippen LogP contribution in [-0.4, -0.2) is 10.9 Å². The number of fused-ring (bicyclic) bond motifs is 4. The van der Waals surface area contributed by atoms with Gasteiger partial charge in [-0.1, -0.05) is 80.9 Å². The summed E-state index contributed by atoms with van der Waals surface area (Å²) < 4.78 is 11.8. The zero-order valence-corrected chi connectivity index (χ0v) is 20.2. The van der Waals surface area contributed by atoms with Gasteiger partial charge in [-0.05, 0) is 61.4 Å². The topological polar surface area (TPSA) is 43.2 Å². The van der Waals surface area contributed by atoms with Crippen LogP contribution in [0.4, 0.5) is 11.4 Å². The van der Waals surface area contributed by atoms with E-state index in [1.54, 1.807) is 0 Å². The van der Waals surface area contributed by atoms with Gasteiger partial charge in [0.1, 0.15) is 28.0 Å². The summed E-state index contributed by atoms with van der Waals surface area (Å²) in [5.41, 5.74) is 4.74. The van der Waals surface area contributed by atoms with Gasteiger partial charge in [-0.25, -0.2) is 9.98 Å². The molecule has 4 nitrogen and oxygen atoms in total. The van der Waals surface area contributed by atoms with E-state index in [4.69, 9.17) is 26.1 Å². The number of nitrogens with zero attached hydrogens (tertiary/aromatic N) is 2. The van der Waals surface area contributed by atoms with Gasteiger partial charge in [0.15, 0.2) is 11.5 Å². The lowest BCUT2D eigenvalue weighted by atomic mass is 10.0. The molecule has 6 rings (SSSR count). The van der Waals surface area contributed by atoms with Crippen LogP contribution in [-0.2, 0) is 0 Å². The summed E-state index contributed by atoms with van der Waals surface area (Å²) >= 11 is 6.15. The van der Waals surface area contributed by atoms with Crippen LogP contribution >= 0.6 is 11.6 Å². The van der Waals surface area contributed by atoms with Crippen molar-refractivity contribution in [1.29, 1.82) is 0 Å². The molecule has 0 amide bonds. The molecule has 0 atom stereocenters. The average Bonchev–Trinajstić information content (AvgIpc) is 3.15. The lowest BCUT2D eigenvalue weighted by molar-refractivity contribution is 0.484. The van der Waals surface area contributed by atoms with Crippen molar-refractivity contribution >= 4 is 33.9 Å². The van der Waals surface area contributed by atoms with Crippen molar-refractivity contribution < 1.29 is 9.47 Å². The second kappa shape index (κ2) is 11.7. The second-order valence-electron chi connectivity index (χ2n) is 8.20. The highest BCUT2D eigenvalue weighted by atomic mass is 35.5. The maximum Gasteiger partial charge on any atom is 0.153 e. The molecule has 2 heterocycles. The molecule has 4 aromatic carbocycles. The van der Waals surface area contributed by atoms with Crippen molar-refractivity contribution in [2.75, 3.05) is 0 Å². The first-order chi connectivity index (χ1) is 17.2. The van der Waals surface area contributed by atoms with Gasteiger partial charge < -0.3 is 9.47 Å². The Morgan fingerprint density at radius 1 is 0.611 bits per heavy atom. The molecule has 2 aliphatic rings. The highest BCUT2D eigenvalue weighted by Crippen LogP contribution is 2.39. The standard InChI is InChI=1S/C17H17NO.C13H8ClNO.CH4/c1-2-3-9-14-13-8-4-6-11-16(13)19-17-12-7-5-10-15(17)18-14;14-13-9-5-1-3-7-11(9)16-12-8-4-2-6-10(12)15-13;/h4-8,10-12H,2-3,9H2,1H3;1-8H;1H4.